The zero-order chi connectivity index (χ0) is 15.5. The van der Waals surface area contributed by atoms with E-state index in [1.54, 1.807) is 18.9 Å². The van der Waals surface area contributed by atoms with Gasteiger partial charge in [-0.3, -0.25) is 4.79 Å². The van der Waals surface area contributed by atoms with Gasteiger partial charge in [-0.05, 0) is 49.4 Å². The number of carbonyl (C=O) groups excluding carboxylic acids is 1. The summed E-state index contributed by atoms with van der Waals surface area (Å²) in [4.78, 5) is 15.7. The summed E-state index contributed by atoms with van der Waals surface area (Å²) < 4.78 is 5.16. The second-order valence-electron chi connectivity index (χ2n) is 6.46. The van der Waals surface area contributed by atoms with Gasteiger partial charge in [0.15, 0.2) is 0 Å². The Morgan fingerprint density at radius 3 is 2.57 bits per heavy atom. The van der Waals surface area contributed by atoms with Crippen LogP contribution < -0.4 is 4.74 Å². The van der Waals surface area contributed by atoms with Crippen LogP contribution in [0.25, 0.3) is 0 Å². The summed E-state index contributed by atoms with van der Waals surface area (Å²) in [5.74, 6) is 1.10. The second kappa shape index (κ2) is 6.73. The first-order chi connectivity index (χ1) is 9.91. The minimum atomic E-state index is -0.0488. The van der Waals surface area contributed by atoms with Crippen molar-refractivity contribution in [3.63, 3.8) is 0 Å². The minimum Gasteiger partial charge on any atom is -0.497 e. The summed E-state index contributed by atoms with van der Waals surface area (Å²) in [5.41, 5.74) is 0.248. The zero-order valence-corrected chi connectivity index (χ0v) is 14.2. The Morgan fingerprint density at radius 2 is 2.00 bits per heavy atom. The number of hydrogen-bond acceptors (Lipinski definition) is 3. The van der Waals surface area contributed by atoms with Crippen molar-refractivity contribution in [1.82, 2.24) is 4.90 Å². The van der Waals surface area contributed by atoms with Crippen LogP contribution in [0.2, 0.25) is 0 Å². The minimum absolute atomic E-state index is 0.0488. The number of methoxy groups -OCH3 is 1. The third-order valence-electron chi connectivity index (χ3n) is 3.93. The van der Waals surface area contributed by atoms with Crippen LogP contribution >= 0.6 is 11.8 Å². The van der Waals surface area contributed by atoms with Crippen LogP contribution in [0.4, 0.5) is 0 Å². The van der Waals surface area contributed by atoms with Crippen molar-refractivity contribution in [3.8, 4) is 5.75 Å². The molecule has 0 spiro atoms. The average molecular weight is 307 g/mol. The molecule has 1 fully saturated rings. The number of likely N-dealkylation sites (tertiary alicyclic amines) is 1. The molecule has 1 amide bonds. The van der Waals surface area contributed by atoms with Gasteiger partial charge >= 0.3 is 0 Å². The van der Waals surface area contributed by atoms with Crippen molar-refractivity contribution in [2.24, 2.45) is 5.41 Å². The highest BCUT2D eigenvalue weighted by molar-refractivity contribution is 8.00. The fraction of sp³-hybridized carbons (Fsp3) is 0.588. The molecule has 0 radical (unpaired) electrons. The molecule has 3 nitrogen and oxygen atoms in total. The predicted octanol–water partition coefficient (Wildman–Crippen LogP) is 3.82. The highest BCUT2D eigenvalue weighted by atomic mass is 32.2. The Kier molecular flexibility index (Phi) is 5.20. The van der Waals surface area contributed by atoms with Crippen LogP contribution in [0.5, 0.6) is 5.75 Å². The maximum Gasteiger partial charge on any atom is 0.235 e. The molecule has 0 aliphatic carbocycles. The number of nitrogens with zero attached hydrogens (tertiary/aromatic N) is 1. The highest BCUT2D eigenvalue weighted by Crippen LogP contribution is 2.31. The monoisotopic (exact) mass is 307 g/mol. The molecule has 1 heterocycles. The molecule has 21 heavy (non-hydrogen) atoms. The van der Waals surface area contributed by atoms with E-state index in [4.69, 9.17) is 4.74 Å². The molecule has 2 rings (SSSR count). The Balaban J connectivity index is 1.95. The number of ether oxygens (including phenoxy) is 1. The number of hydrogen-bond donors (Lipinski definition) is 0. The number of benzene rings is 1. The third kappa shape index (κ3) is 4.40. The predicted molar refractivity (Wildman–Crippen MR) is 87.9 cm³/mol. The lowest BCUT2D eigenvalue weighted by Crippen LogP contribution is -2.46. The lowest BCUT2D eigenvalue weighted by atomic mass is 9.84. The summed E-state index contributed by atoms with van der Waals surface area (Å²) in [7, 11) is 1.66. The molecular formula is C17H25NO2S. The molecule has 1 atom stereocenters. The van der Waals surface area contributed by atoms with Gasteiger partial charge < -0.3 is 9.64 Å². The molecule has 1 aromatic rings. The molecule has 0 bridgehead atoms. The summed E-state index contributed by atoms with van der Waals surface area (Å²) in [6, 6.07) is 7.88. The summed E-state index contributed by atoms with van der Waals surface area (Å²) in [5, 5.41) is -0.0488. The summed E-state index contributed by atoms with van der Waals surface area (Å²) >= 11 is 1.62. The molecule has 1 aromatic carbocycles. The van der Waals surface area contributed by atoms with Crippen molar-refractivity contribution in [2.45, 2.75) is 43.8 Å². The van der Waals surface area contributed by atoms with E-state index in [9.17, 15) is 4.79 Å². The molecule has 0 aromatic heterocycles. The normalized spacial score (nSPS) is 19.1. The van der Waals surface area contributed by atoms with E-state index in [-0.39, 0.29) is 16.6 Å². The average Bonchev–Trinajstić information content (AvgIpc) is 2.46. The van der Waals surface area contributed by atoms with Gasteiger partial charge in [0, 0.05) is 18.0 Å². The smallest absolute Gasteiger partial charge is 0.235 e. The van der Waals surface area contributed by atoms with Gasteiger partial charge in [0.25, 0.3) is 0 Å². The fourth-order valence-corrected chi connectivity index (χ4v) is 3.73. The first kappa shape index (κ1) is 16.2. The van der Waals surface area contributed by atoms with Crippen LogP contribution in [0, 0.1) is 5.41 Å². The maximum absolute atomic E-state index is 12.6. The van der Waals surface area contributed by atoms with Crippen molar-refractivity contribution >= 4 is 17.7 Å². The first-order valence-corrected chi connectivity index (χ1v) is 8.39. The number of carbonyl (C=O) groups is 1. The molecule has 1 saturated heterocycles. The second-order valence-corrected chi connectivity index (χ2v) is 7.88. The third-order valence-corrected chi connectivity index (χ3v) is 5.03. The lowest BCUT2D eigenvalue weighted by molar-refractivity contribution is -0.133. The van der Waals surface area contributed by atoms with Crippen molar-refractivity contribution in [3.05, 3.63) is 24.3 Å². The van der Waals surface area contributed by atoms with E-state index in [0.29, 0.717) is 0 Å². The van der Waals surface area contributed by atoms with Gasteiger partial charge in [-0.2, -0.15) is 0 Å². The Hall–Kier alpha value is -1.16. The summed E-state index contributed by atoms with van der Waals surface area (Å²) in [6.07, 6.45) is 2.31. The van der Waals surface area contributed by atoms with Gasteiger partial charge in [0.1, 0.15) is 5.75 Å². The van der Waals surface area contributed by atoms with Gasteiger partial charge in [0.2, 0.25) is 5.91 Å². The molecule has 0 saturated carbocycles. The van der Waals surface area contributed by atoms with E-state index >= 15 is 0 Å². The molecular weight excluding hydrogens is 282 g/mol. The number of rotatable bonds is 4. The summed E-state index contributed by atoms with van der Waals surface area (Å²) in [6.45, 7) is 8.26. The van der Waals surface area contributed by atoms with Crippen LogP contribution in [0.15, 0.2) is 29.2 Å². The van der Waals surface area contributed by atoms with Crippen molar-refractivity contribution in [1.29, 1.82) is 0 Å². The molecule has 1 aliphatic rings. The number of amides is 1. The van der Waals surface area contributed by atoms with E-state index in [1.807, 2.05) is 36.1 Å². The molecule has 0 unspecified atom stereocenters. The quantitative estimate of drug-likeness (QED) is 0.792. The molecule has 116 valence electrons. The van der Waals surface area contributed by atoms with Crippen LogP contribution in [-0.4, -0.2) is 36.3 Å². The standard InChI is InChI=1S/C17H25NO2S/c1-13(21-15-8-6-14(20-4)7-9-15)16(19)18-11-5-10-17(2,3)12-18/h6-9,13H,5,10-12H2,1-4H3/t13-/m0/s1. The van der Waals surface area contributed by atoms with Crippen LogP contribution in [-0.2, 0) is 4.79 Å². The first-order valence-electron chi connectivity index (χ1n) is 7.51. The molecule has 1 aliphatic heterocycles. The van der Waals surface area contributed by atoms with Crippen molar-refractivity contribution < 1.29 is 9.53 Å². The molecule has 0 N–H and O–H groups in total. The van der Waals surface area contributed by atoms with E-state index in [2.05, 4.69) is 13.8 Å². The Labute approximate surface area is 132 Å². The highest BCUT2D eigenvalue weighted by Gasteiger charge is 2.31. The van der Waals surface area contributed by atoms with E-state index < -0.39 is 0 Å². The van der Waals surface area contributed by atoms with Gasteiger partial charge in [-0.15, -0.1) is 11.8 Å². The zero-order valence-electron chi connectivity index (χ0n) is 13.4. The van der Waals surface area contributed by atoms with Gasteiger partial charge in [-0.1, -0.05) is 13.8 Å². The van der Waals surface area contributed by atoms with Crippen LogP contribution in [0.3, 0.4) is 0 Å². The largest absolute Gasteiger partial charge is 0.497 e. The van der Waals surface area contributed by atoms with Crippen LogP contribution in [0.1, 0.15) is 33.6 Å². The maximum atomic E-state index is 12.6. The number of piperidine rings is 1. The SMILES string of the molecule is COc1ccc(S[C@@H](C)C(=O)N2CCCC(C)(C)C2)cc1. The number of thioether (sulfide) groups is 1. The van der Waals surface area contributed by atoms with E-state index in [0.717, 1.165) is 30.2 Å². The molecule has 4 heteroatoms. The van der Waals surface area contributed by atoms with Gasteiger partial charge in [-0.25, -0.2) is 0 Å². The van der Waals surface area contributed by atoms with E-state index in [1.165, 1.54) is 6.42 Å². The van der Waals surface area contributed by atoms with Gasteiger partial charge in [0.05, 0.1) is 12.4 Å². The lowest BCUT2D eigenvalue weighted by Gasteiger charge is -2.39. The topological polar surface area (TPSA) is 29.5 Å². The Morgan fingerprint density at radius 1 is 1.33 bits per heavy atom. The van der Waals surface area contributed by atoms with Crippen molar-refractivity contribution in [2.75, 3.05) is 20.2 Å². The Bertz CT molecular complexity index is 484. The fourth-order valence-electron chi connectivity index (χ4n) is 2.78.